The molecule has 8 aromatic rings. The minimum absolute atomic E-state index is 0.0698. The number of hydrogen-bond acceptors (Lipinski definition) is 14. The van der Waals surface area contributed by atoms with Crippen LogP contribution in [0, 0.1) is 27.7 Å². The van der Waals surface area contributed by atoms with Crippen LogP contribution in [0.2, 0.25) is 18.1 Å². The van der Waals surface area contributed by atoms with Crippen LogP contribution in [0.3, 0.4) is 0 Å². The number of fused-ring (bicyclic) bond motifs is 6. The molecule has 14 rings (SSSR count). The predicted octanol–water partition coefficient (Wildman–Crippen LogP) is 14.4. The second-order valence-electron chi connectivity index (χ2n) is 28.8. The number of aromatic nitrogens is 6. The largest absolute Gasteiger partial charge is 0.737 e. The second-order valence-corrected chi connectivity index (χ2v) is 35.8. The molecule has 0 saturated carbocycles. The number of carbonyl (C=O) groups is 2. The second kappa shape index (κ2) is 27.7. The quantitative estimate of drug-likeness (QED) is 0.0547. The lowest BCUT2D eigenvalue weighted by molar-refractivity contribution is -0.364. The van der Waals surface area contributed by atoms with Gasteiger partial charge in [-0.05, 0) is 156 Å². The zero-order valence-electron chi connectivity index (χ0n) is 59.8. The third-order valence-electron chi connectivity index (χ3n) is 20.5. The van der Waals surface area contributed by atoms with Gasteiger partial charge in [-0.2, -0.15) is 0 Å². The molecule has 3 N–H and O–H groups in total. The van der Waals surface area contributed by atoms with E-state index in [2.05, 4.69) is 60.4 Å². The number of morpholine rings is 2. The van der Waals surface area contributed by atoms with Crippen molar-refractivity contribution >= 4 is 111 Å². The number of rotatable bonds is 18. The van der Waals surface area contributed by atoms with Crippen molar-refractivity contribution in [2.45, 2.75) is 133 Å². The maximum atomic E-state index is 15.9. The van der Waals surface area contributed by atoms with Gasteiger partial charge >= 0.3 is 13.9 Å². The van der Waals surface area contributed by atoms with E-state index in [0.717, 1.165) is 118 Å². The molecule has 101 heavy (non-hydrogen) atoms. The zero-order valence-corrected chi connectivity index (χ0v) is 62.5. The number of nitrogens with zero attached hydrogens (tertiary/aromatic N) is 10. The summed E-state index contributed by atoms with van der Waals surface area (Å²) < 4.78 is 88.1. The number of phenolic OH excluding ortho intramolecular Hbond substituents is 1. The van der Waals surface area contributed by atoms with Gasteiger partial charge in [0, 0.05) is 133 Å². The molecule has 6 aliphatic heterocycles. The summed E-state index contributed by atoms with van der Waals surface area (Å²) in [7, 11) is -2.04. The maximum absolute atomic E-state index is 15.9. The number of aromatic hydroxyl groups is 1. The van der Waals surface area contributed by atoms with E-state index in [0.29, 0.717) is 122 Å². The number of hydrogen-bond donors (Lipinski definition) is 3. The number of carbonyl (C=O) groups excluding carboxylic acids is 2. The summed E-state index contributed by atoms with van der Waals surface area (Å²) in [6, 6.07) is 22.8. The van der Waals surface area contributed by atoms with Crippen molar-refractivity contribution in [2.24, 2.45) is 0 Å². The summed E-state index contributed by atoms with van der Waals surface area (Å²) in [6.07, 6.45) is 5.96. The van der Waals surface area contributed by atoms with Gasteiger partial charge in [-0.3, -0.25) is 9.59 Å². The van der Waals surface area contributed by atoms with Gasteiger partial charge in [0.1, 0.15) is 22.9 Å². The summed E-state index contributed by atoms with van der Waals surface area (Å²) in [6.45, 7) is 23.8. The fraction of sp³-hybridized carbons (Fsp3) is 0.405. The van der Waals surface area contributed by atoms with Crippen LogP contribution in [-0.2, 0) is 31.9 Å². The van der Waals surface area contributed by atoms with Crippen LogP contribution in [0.5, 0.6) is 11.5 Å². The summed E-state index contributed by atoms with van der Waals surface area (Å²) in [4.78, 5) is 53.0. The first-order valence-electron chi connectivity index (χ1n) is 34.9. The Hall–Kier alpha value is -8.49. The molecule has 0 unspecified atom stereocenters. The van der Waals surface area contributed by atoms with Crippen molar-refractivity contribution in [3.05, 3.63) is 151 Å². The van der Waals surface area contributed by atoms with E-state index < -0.39 is 22.3 Å². The highest BCUT2D eigenvalue weighted by atomic mass is 32.1. The molecule has 12 heterocycles. The monoisotopic (exact) mass is 1430 g/mol. The number of halogens is 4. The first-order valence-corrected chi connectivity index (χ1v) is 39.4. The SMILES string of the molecule is CC1=CC(C)=[N+]2C1=C(CCC(=O)NCCc1cc3nc(-c4cccc(O)c4)nc(N4CCOCC4)c3s1)c1c(C)cc(C)n1[B-]2(F)F.CC1=CC(C)=[N+]2C1=C(CCC(=O)NCCc1cc3nc(-c4cccc(O[Si](C)(C)C(C)(C)C)c4)nc(N4CCOCC4)c3s1)c1c(C)cc(C)n1[B-]2(F)F. The Morgan fingerprint density at radius 2 is 1.03 bits per heavy atom. The van der Waals surface area contributed by atoms with Gasteiger partial charge in [0.2, 0.25) is 20.1 Å². The lowest BCUT2D eigenvalue weighted by Gasteiger charge is -2.36. The molecule has 0 radical (unpaired) electrons. The lowest BCUT2D eigenvalue weighted by Crippen LogP contribution is -2.51. The van der Waals surface area contributed by atoms with E-state index in [1.54, 1.807) is 80.7 Å². The summed E-state index contributed by atoms with van der Waals surface area (Å²) in [5.41, 5.74) is 12.3. The molecule has 2 amide bonds. The minimum atomic E-state index is -4.03. The molecule has 6 aliphatic rings. The average molecular weight is 1430 g/mol. The number of nitrogens with one attached hydrogen (secondary N) is 2. The van der Waals surface area contributed by atoms with Crippen LogP contribution in [0.25, 0.3) is 54.4 Å². The standard InChI is InChI=1S/C40H51BF2N6O3SSi.C34H37BF2N6O3S/c1-25-21-27(3)48-35(25)32(36-26(2)22-28(4)49(36)41(48,42)43)13-14-34(50)44-16-15-31-24-33-37(53-31)39(47-17-19-51-20-18-47)46-38(45-33)29-11-10-12-30(23-29)52-54(8,9)40(5,6)7;1-20-16-22(3)42-30(20)27(31-21(2)17-23(4)43(31)35(42,36)37)8-9-29(45)38-11-10-26-19-28-32(47-26)34(41-12-14-46-15-13-41)40-33(39-28)24-6-5-7-25(44)18-24/h10-12,21-24H,13-20H2,1-9H3,(H,44,50);5-7,16-19,44H,8-15H2,1-4H3,(H,38,45). The van der Waals surface area contributed by atoms with Gasteiger partial charge in [-0.15, -0.1) is 22.7 Å². The van der Waals surface area contributed by atoms with Gasteiger partial charge < -0.3 is 74.6 Å². The molecule has 0 aliphatic carbocycles. The van der Waals surface area contributed by atoms with E-state index in [-0.39, 0.29) is 35.4 Å². The zero-order chi connectivity index (χ0) is 71.8. The van der Waals surface area contributed by atoms with Crippen molar-refractivity contribution in [2.75, 3.05) is 75.5 Å². The molecule has 2 saturated heterocycles. The highest BCUT2D eigenvalue weighted by Gasteiger charge is 2.56. The van der Waals surface area contributed by atoms with Crippen LogP contribution in [0.1, 0.15) is 118 Å². The molecule has 27 heteroatoms. The minimum Gasteiger partial charge on any atom is -0.543 e. The third-order valence-corrected chi connectivity index (χ3v) is 27.2. The molecule has 0 atom stereocenters. The number of amides is 2. The fourth-order valence-corrected chi connectivity index (χ4v) is 18.1. The molecule has 18 nitrogen and oxygen atoms in total. The summed E-state index contributed by atoms with van der Waals surface area (Å²) >= 11 is 3.28. The Bertz CT molecular complexity index is 4870. The Morgan fingerprint density at radius 3 is 1.46 bits per heavy atom. The van der Waals surface area contributed by atoms with E-state index in [1.165, 1.54) is 17.9 Å². The Morgan fingerprint density at radius 1 is 0.604 bits per heavy atom. The number of anilines is 2. The van der Waals surface area contributed by atoms with E-state index in [4.69, 9.17) is 33.8 Å². The maximum Gasteiger partial charge on any atom is 0.737 e. The first-order chi connectivity index (χ1) is 48.0. The van der Waals surface area contributed by atoms with Crippen LogP contribution in [-0.4, -0.2) is 154 Å². The summed E-state index contributed by atoms with van der Waals surface area (Å²) in [5.74, 6) is 3.69. The van der Waals surface area contributed by atoms with Gasteiger partial charge in [-0.25, -0.2) is 19.9 Å². The van der Waals surface area contributed by atoms with Crippen molar-refractivity contribution in [1.29, 1.82) is 0 Å². The number of aryl methyl sites for hydroxylation is 4. The Labute approximate surface area is 596 Å². The number of ether oxygens (including phenoxy) is 2. The van der Waals surface area contributed by atoms with Crippen molar-refractivity contribution in [3.8, 4) is 34.3 Å². The molecule has 2 aromatic carbocycles. The van der Waals surface area contributed by atoms with Crippen molar-refractivity contribution in [3.63, 3.8) is 0 Å². The topological polar surface area (TPSA) is 180 Å². The highest BCUT2D eigenvalue weighted by Crippen LogP contribution is 2.46. The van der Waals surface area contributed by atoms with Crippen molar-refractivity contribution in [1.82, 2.24) is 39.5 Å². The van der Waals surface area contributed by atoms with Crippen LogP contribution < -0.4 is 24.9 Å². The number of phenols is 1. The third kappa shape index (κ3) is 13.7. The predicted molar refractivity (Wildman–Crippen MR) is 401 cm³/mol. The van der Waals surface area contributed by atoms with Gasteiger partial charge in [0.25, 0.3) is 0 Å². The van der Waals surface area contributed by atoms with Gasteiger partial charge in [0.15, 0.2) is 34.7 Å². The van der Waals surface area contributed by atoms with Crippen LogP contribution >= 0.6 is 22.7 Å². The van der Waals surface area contributed by atoms with Crippen LogP contribution in [0.15, 0.2) is 107 Å². The molecule has 530 valence electrons. The van der Waals surface area contributed by atoms with Gasteiger partial charge in [-0.1, -0.05) is 45.0 Å². The molecule has 0 spiro atoms. The summed E-state index contributed by atoms with van der Waals surface area (Å²) in [5, 5.41) is 16.3. The number of allylic oxidation sites excluding steroid dienone is 6. The first kappa shape index (κ1) is 70.9. The van der Waals surface area contributed by atoms with E-state index in [9.17, 15) is 14.7 Å². The van der Waals surface area contributed by atoms with Crippen LogP contribution in [0.4, 0.5) is 28.9 Å². The van der Waals surface area contributed by atoms with Gasteiger partial charge in [0.05, 0.1) is 46.9 Å². The molecular formula is C74H88B2F4N12O6S2Si. The van der Waals surface area contributed by atoms with E-state index >= 15 is 17.3 Å². The normalized spacial score (nSPS) is 17.3. The number of benzene rings is 2. The fourth-order valence-electron chi connectivity index (χ4n) is 14.8. The smallest absolute Gasteiger partial charge is 0.543 e. The van der Waals surface area contributed by atoms with E-state index in [1.807, 2.05) is 76.2 Å². The Kier molecular flexibility index (Phi) is 19.4. The average Bonchev–Trinajstić information content (AvgIpc) is 1.58. The molecule has 2 fully saturated rings. The number of thiophene rings is 2. The molecule has 0 bridgehead atoms. The molecular weight excluding hydrogens is 1340 g/mol. The lowest BCUT2D eigenvalue weighted by atomic mass is 9.84. The highest BCUT2D eigenvalue weighted by molar-refractivity contribution is 7.20. The Balaban J connectivity index is 0.000000182. The molecule has 6 aromatic heterocycles. The van der Waals surface area contributed by atoms with Crippen molar-refractivity contribution < 1.29 is 54.8 Å².